The Kier molecular flexibility index (Phi) is 6.09. The highest BCUT2D eigenvalue weighted by atomic mass is 35.5. The van der Waals surface area contributed by atoms with Crippen molar-refractivity contribution in [2.24, 2.45) is 5.92 Å². The van der Waals surface area contributed by atoms with Crippen molar-refractivity contribution in [1.82, 2.24) is 10.2 Å². The Morgan fingerprint density at radius 3 is 2.48 bits per heavy atom. The third-order valence-electron chi connectivity index (χ3n) is 5.20. The summed E-state index contributed by atoms with van der Waals surface area (Å²) in [6.45, 7) is 9.58. The van der Waals surface area contributed by atoms with Crippen LogP contribution in [0.5, 0.6) is 0 Å². The van der Waals surface area contributed by atoms with Gasteiger partial charge in [0.05, 0.1) is 0 Å². The van der Waals surface area contributed by atoms with Crippen LogP contribution in [-0.4, -0.2) is 37.1 Å². The Hall–Kier alpha value is -0.570. The summed E-state index contributed by atoms with van der Waals surface area (Å²) in [6, 6.07) is 9.93. The summed E-state index contributed by atoms with van der Waals surface area (Å²) in [7, 11) is 0. The van der Waals surface area contributed by atoms with Gasteiger partial charge in [-0.25, -0.2) is 0 Å². The summed E-state index contributed by atoms with van der Waals surface area (Å²) in [5, 5.41) is 3.47. The van der Waals surface area contributed by atoms with Gasteiger partial charge < -0.3 is 5.32 Å². The summed E-state index contributed by atoms with van der Waals surface area (Å²) in [4.78, 5) is 2.74. The lowest BCUT2D eigenvalue weighted by Crippen LogP contribution is -2.37. The van der Waals surface area contributed by atoms with Crippen LogP contribution in [0.3, 0.4) is 0 Å². The molecule has 2 heterocycles. The molecule has 0 aliphatic carbocycles. The van der Waals surface area contributed by atoms with Gasteiger partial charge in [-0.2, -0.15) is 0 Å². The van der Waals surface area contributed by atoms with E-state index in [0.29, 0.717) is 0 Å². The molecule has 3 rings (SSSR count). The lowest BCUT2D eigenvalue weighted by Gasteiger charge is -2.29. The molecule has 0 aromatic heterocycles. The lowest BCUT2D eigenvalue weighted by atomic mass is 9.96. The number of nitrogens with zero attached hydrogens (tertiary/aromatic N) is 1. The number of nitrogens with one attached hydrogen (secondary N) is 1. The number of benzene rings is 1. The molecule has 0 radical (unpaired) electrons. The highest BCUT2D eigenvalue weighted by molar-refractivity contribution is 5.85. The van der Waals surface area contributed by atoms with Gasteiger partial charge in [-0.15, -0.1) is 12.4 Å². The van der Waals surface area contributed by atoms with Crippen molar-refractivity contribution in [2.45, 2.75) is 45.1 Å². The van der Waals surface area contributed by atoms with E-state index < -0.39 is 0 Å². The van der Waals surface area contributed by atoms with Crippen LogP contribution in [0, 0.1) is 12.8 Å². The second-order valence-corrected chi connectivity index (χ2v) is 6.84. The third-order valence-corrected chi connectivity index (χ3v) is 5.20. The zero-order chi connectivity index (χ0) is 13.9. The number of halogens is 1. The molecule has 2 atom stereocenters. The van der Waals surface area contributed by atoms with Crippen LogP contribution in [0.1, 0.15) is 43.2 Å². The number of rotatable bonds is 3. The van der Waals surface area contributed by atoms with Gasteiger partial charge in [0.15, 0.2) is 0 Å². The fourth-order valence-corrected chi connectivity index (χ4v) is 3.83. The Morgan fingerprint density at radius 2 is 1.81 bits per heavy atom. The first-order chi connectivity index (χ1) is 9.72. The Balaban J connectivity index is 0.00000161. The number of hydrogen-bond acceptors (Lipinski definition) is 2. The van der Waals surface area contributed by atoms with Crippen molar-refractivity contribution in [1.29, 1.82) is 0 Å². The van der Waals surface area contributed by atoms with Gasteiger partial charge in [-0.05, 0) is 63.6 Å². The SMILES string of the molecule is Cc1ccc(C2CC(C)N(CC3CCNCC3)C2)cc1.Cl. The average Bonchev–Trinajstić information content (AvgIpc) is 2.82. The van der Waals surface area contributed by atoms with Gasteiger partial charge in [0.25, 0.3) is 0 Å². The van der Waals surface area contributed by atoms with Gasteiger partial charge in [0.2, 0.25) is 0 Å². The van der Waals surface area contributed by atoms with Crippen molar-refractivity contribution in [2.75, 3.05) is 26.2 Å². The fourth-order valence-electron chi connectivity index (χ4n) is 3.83. The first kappa shape index (κ1) is 16.8. The maximum Gasteiger partial charge on any atom is 0.00735 e. The number of hydrogen-bond donors (Lipinski definition) is 1. The van der Waals surface area contributed by atoms with Crippen molar-refractivity contribution < 1.29 is 0 Å². The molecule has 1 aromatic rings. The van der Waals surface area contributed by atoms with E-state index in [4.69, 9.17) is 0 Å². The topological polar surface area (TPSA) is 15.3 Å². The minimum Gasteiger partial charge on any atom is -0.317 e. The van der Waals surface area contributed by atoms with E-state index in [1.54, 1.807) is 0 Å². The van der Waals surface area contributed by atoms with Crippen LogP contribution in [0.4, 0.5) is 0 Å². The molecule has 0 spiro atoms. The molecule has 2 aliphatic heterocycles. The van der Waals surface area contributed by atoms with Gasteiger partial charge in [0, 0.05) is 19.1 Å². The van der Waals surface area contributed by atoms with Crippen LogP contribution >= 0.6 is 12.4 Å². The molecule has 0 bridgehead atoms. The van der Waals surface area contributed by atoms with Crippen LogP contribution < -0.4 is 5.32 Å². The Labute approximate surface area is 135 Å². The summed E-state index contributed by atoms with van der Waals surface area (Å²) in [6.07, 6.45) is 4.05. The highest BCUT2D eigenvalue weighted by Crippen LogP contribution is 2.32. The fraction of sp³-hybridized carbons (Fsp3) is 0.667. The first-order valence-corrected chi connectivity index (χ1v) is 8.23. The third kappa shape index (κ3) is 4.21. The molecular formula is C18H29ClN2. The smallest absolute Gasteiger partial charge is 0.00735 e. The molecule has 2 nitrogen and oxygen atoms in total. The van der Waals surface area contributed by atoms with Gasteiger partial charge in [-0.1, -0.05) is 29.8 Å². The van der Waals surface area contributed by atoms with Gasteiger partial charge in [-0.3, -0.25) is 4.90 Å². The zero-order valence-corrected chi connectivity index (χ0v) is 14.2. The van der Waals surface area contributed by atoms with Crippen molar-refractivity contribution >= 4 is 12.4 Å². The highest BCUT2D eigenvalue weighted by Gasteiger charge is 2.31. The van der Waals surface area contributed by atoms with E-state index in [9.17, 15) is 0 Å². The maximum atomic E-state index is 3.47. The molecule has 0 saturated carbocycles. The maximum absolute atomic E-state index is 3.47. The number of piperidine rings is 1. The molecule has 3 heteroatoms. The molecule has 21 heavy (non-hydrogen) atoms. The average molecular weight is 309 g/mol. The number of likely N-dealkylation sites (tertiary alicyclic amines) is 1. The van der Waals surface area contributed by atoms with Crippen LogP contribution in [-0.2, 0) is 0 Å². The summed E-state index contributed by atoms with van der Waals surface area (Å²) >= 11 is 0. The molecule has 1 aromatic carbocycles. The van der Waals surface area contributed by atoms with Crippen molar-refractivity contribution in [3.63, 3.8) is 0 Å². The number of aryl methyl sites for hydroxylation is 1. The van der Waals surface area contributed by atoms with Crippen LogP contribution in [0.2, 0.25) is 0 Å². The Morgan fingerprint density at radius 1 is 1.14 bits per heavy atom. The summed E-state index contributed by atoms with van der Waals surface area (Å²) < 4.78 is 0. The van der Waals surface area contributed by atoms with E-state index in [0.717, 1.165) is 17.9 Å². The van der Waals surface area contributed by atoms with Crippen molar-refractivity contribution in [3.8, 4) is 0 Å². The molecule has 118 valence electrons. The molecule has 0 amide bonds. The van der Waals surface area contributed by atoms with E-state index in [2.05, 4.69) is 48.3 Å². The minimum absolute atomic E-state index is 0. The standard InChI is InChI=1S/C18H28N2.ClH/c1-14-3-5-17(6-4-14)18-11-15(2)20(13-18)12-16-7-9-19-10-8-16;/h3-6,15-16,18-19H,7-13H2,1-2H3;1H. The van der Waals surface area contributed by atoms with E-state index in [1.807, 2.05) is 0 Å². The molecule has 2 unspecified atom stereocenters. The normalized spacial score (nSPS) is 27.5. The van der Waals surface area contributed by atoms with E-state index in [1.165, 1.54) is 56.6 Å². The molecule has 2 saturated heterocycles. The minimum atomic E-state index is 0. The predicted octanol–water partition coefficient (Wildman–Crippen LogP) is 3.59. The second kappa shape index (κ2) is 7.62. The van der Waals surface area contributed by atoms with Crippen LogP contribution in [0.25, 0.3) is 0 Å². The monoisotopic (exact) mass is 308 g/mol. The molecule has 2 fully saturated rings. The van der Waals surface area contributed by atoms with E-state index >= 15 is 0 Å². The van der Waals surface area contributed by atoms with Gasteiger partial charge >= 0.3 is 0 Å². The zero-order valence-electron chi connectivity index (χ0n) is 13.3. The molecular weight excluding hydrogens is 280 g/mol. The predicted molar refractivity (Wildman–Crippen MR) is 92.4 cm³/mol. The second-order valence-electron chi connectivity index (χ2n) is 6.84. The first-order valence-electron chi connectivity index (χ1n) is 8.23. The molecule has 1 N–H and O–H groups in total. The quantitative estimate of drug-likeness (QED) is 0.918. The summed E-state index contributed by atoms with van der Waals surface area (Å²) in [5.41, 5.74) is 2.90. The lowest BCUT2D eigenvalue weighted by molar-refractivity contribution is 0.200. The Bertz CT molecular complexity index is 425. The van der Waals surface area contributed by atoms with Gasteiger partial charge in [0.1, 0.15) is 0 Å². The van der Waals surface area contributed by atoms with Crippen LogP contribution in [0.15, 0.2) is 24.3 Å². The molecule has 2 aliphatic rings. The van der Waals surface area contributed by atoms with Crippen molar-refractivity contribution in [3.05, 3.63) is 35.4 Å². The van der Waals surface area contributed by atoms with E-state index in [-0.39, 0.29) is 12.4 Å². The summed E-state index contributed by atoms with van der Waals surface area (Å²) in [5.74, 6) is 1.66. The largest absolute Gasteiger partial charge is 0.317 e.